The number of hydrogen-bond donors (Lipinski definition) is 13. The second-order valence-electron chi connectivity index (χ2n) is 17.5. The summed E-state index contributed by atoms with van der Waals surface area (Å²) in [6.45, 7) is 6.62. The molecule has 386 valence electrons. The smallest absolute Gasteiger partial charge is 0.326 e. The van der Waals surface area contributed by atoms with Crippen LogP contribution in [-0.2, 0) is 54.4 Å². The Morgan fingerprint density at radius 3 is 1.81 bits per heavy atom. The molecule has 0 saturated carbocycles. The second-order valence-corrected chi connectivity index (χ2v) is 17.5. The zero-order valence-electron chi connectivity index (χ0n) is 39.9. The highest BCUT2D eigenvalue weighted by Crippen LogP contribution is 2.21. The van der Waals surface area contributed by atoms with E-state index in [1.807, 2.05) is 0 Å². The van der Waals surface area contributed by atoms with Crippen molar-refractivity contribution in [3.05, 3.63) is 35.9 Å². The van der Waals surface area contributed by atoms with Gasteiger partial charge in [-0.3, -0.25) is 43.2 Å². The van der Waals surface area contributed by atoms with Gasteiger partial charge in [-0.05, 0) is 69.4 Å². The summed E-state index contributed by atoms with van der Waals surface area (Å²) in [5.74, 6) is -10.2. The topological polar surface area (TPSA) is 391 Å². The Morgan fingerprint density at radius 1 is 0.681 bits per heavy atom. The molecular formula is C45H72N10O14. The van der Waals surface area contributed by atoms with E-state index in [0.717, 1.165) is 4.90 Å². The fraction of sp³-hybridized carbons (Fsp3) is 0.644. The number of benzene rings is 1. The van der Waals surface area contributed by atoms with Crippen LogP contribution < -0.4 is 48.7 Å². The Morgan fingerprint density at radius 2 is 1.25 bits per heavy atom. The summed E-state index contributed by atoms with van der Waals surface area (Å²) in [6.07, 6.45) is 0.710. The Bertz CT molecular complexity index is 1920. The Balaban J connectivity index is 2.22. The molecule has 0 unspecified atom stereocenters. The molecule has 8 amide bonds. The molecule has 1 fully saturated rings. The lowest BCUT2D eigenvalue weighted by atomic mass is 9.96. The zero-order chi connectivity index (χ0) is 52.0. The third-order valence-electron chi connectivity index (χ3n) is 11.8. The molecule has 0 bridgehead atoms. The van der Waals surface area contributed by atoms with Crippen molar-refractivity contribution in [3.63, 3.8) is 0 Å². The lowest BCUT2D eigenvalue weighted by Gasteiger charge is -2.31. The van der Waals surface area contributed by atoms with Gasteiger partial charge < -0.3 is 74.0 Å². The first-order chi connectivity index (χ1) is 32.6. The largest absolute Gasteiger partial charge is 0.481 e. The van der Waals surface area contributed by atoms with Crippen LogP contribution in [0, 0.1) is 11.8 Å². The van der Waals surface area contributed by atoms with Crippen molar-refractivity contribution in [3.8, 4) is 0 Å². The quantitative estimate of drug-likeness (QED) is 0.0336. The van der Waals surface area contributed by atoms with Gasteiger partial charge in [-0.15, -0.1) is 0 Å². The van der Waals surface area contributed by atoms with E-state index < -0.39 is 139 Å². The predicted octanol–water partition coefficient (Wildman–Crippen LogP) is -3.27. The number of nitrogens with zero attached hydrogens (tertiary/aromatic N) is 1. The van der Waals surface area contributed by atoms with Crippen molar-refractivity contribution in [2.75, 3.05) is 26.3 Å². The summed E-state index contributed by atoms with van der Waals surface area (Å²) in [6, 6.07) is -3.82. The van der Waals surface area contributed by atoms with Gasteiger partial charge in [0.05, 0.1) is 19.3 Å². The molecule has 0 aliphatic carbocycles. The molecular weight excluding hydrogens is 905 g/mol. The highest BCUT2D eigenvalue weighted by molar-refractivity contribution is 5.98. The van der Waals surface area contributed by atoms with E-state index in [-0.39, 0.29) is 38.1 Å². The molecule has 24 nitrogen and oxygen atoms in total. The van der Waals surface area contributed by atoms with Crippen LogP contribution in [0.1, 0.15) is 91.5 Å². The zero-order valence-corrected chi connectivity index (χ0v) is 39.9. The number of carboxylic acid groups (broad SMARTS) is 2. The maximum Gasteiger partial charge on any atom is 0.326 e. The van der Waals surface area contributed by atoms with Crippen LogP contribution >= 0.6 is 0 Å². The van der Waals surface area contributed by atoms with Gasteiger partial charge >= 0.3 is 11.9 Å². The van der Waals surface area contributed by atoms with Gasteiger partial charge in [0.15, 0.2) is 0 Å². The molecule has 1 aromatic carbocycles. The molecule has 1 aromatic rings. The molecule has 0 radical (unpaired) electrons. The number of carbonyl (C=O) groups is 10. The molecule has 1 aliphatic heterocycles. The number of unbranched alkanes of at least 4 members (excludes halogenated alkanes) is 1. The predicted molar refractivity (Wildman–Crippen MR) is 248 cm³/mol. The van der Waals surface area contributed by atoms with E-state index in [1.165, 1.54) is 6.92 Å². The van der Waals surface area contributed by atoms with Crippen LogP contribution in [0.5, 0.6) is 0 Å². The first-order valence-electron chi connectivity index (χ1n) is 23.2. The van der Waals surface area contributed by atoms with Gasteiger partial charge in [0.2, 0.25) is 47.3 Å². The minimum atomic E-state index is -1.66. The number of rotatable bonds is 30. The molecule has 15 N–H and O–H groups in total. The standard InChI is InChI=1S/C45H72N10O14/c1-6-25(4)36(54-42(65)35(47)24(2)3)43(66)49-28(17-18-34(58)59)44(67)55-20-12-16-33(55)41(64)53-31(22-56)39(62)48-26(5)37(60)51-30(21-27-13-8-7-9-14-27)38(61)52-32(23-57)40(63)50-29(45(68)69)15-10-11-19-46/h7-9,13-14,24-26,28-33,35-36,56-57H,6,10-12,15-23,46-47H2,1-5H3,(H,48,62)(H,49,66)(H,50,63)(H,51,60)(H,52,61)(H,53,64)(H,54,65)(H,58,59)(H,68,69)/t25-,26-,28-,29-,30-,31-,32-,33-,35-,36-/m0/s1. The van der Waals surface area contributed by atoms with Crippen molar-refractivity contribution in [1.29, 1.82) is 0 Å². The monoisotopic (exact) mass is 977 g/mol. The van der Waals surface area contributed by atoms with Crippen LogP contribution in [0.4, 0.5) is 0 Å². The van der Waals surface area contributed by atoms with E-state index >= 15 is 0 Å². The normalized spacial score (nSPS) is 17.3. The SMILES string of the molecule is CC[C@H](C)[C@H](NC(=O)[C@@H](N)C(C)C)C(=O)N[C@@H](CCC(=O)O)C(=O)N1CCC[C@H]1C(=O)N[C@@H](CO)C(=O)N[C@@H](C)C(=O)N[C@@H](Cc1ccccc1)C(=O)N[C@@H](CO)C(=O)N[C@@H](CCCCN)C(=O)O. The molecule has 69 heavy (non-hydrogen) atoms. The molecule has 10 atom stereocenters. The Hall–Kier alpha value is -6.24. The summed E-state index contributed by atoms with van der Waals surface area (Å²) >= 11 is 0. The molecule has 24 heteroatoms. The van der Waals surface area contributed by atoms with Crippen LogP contribution in [-0.4, -0.2) is 165 Å². The van der Waals surface area contributed by atoms with Gasteiger partial charge in [0.1, 0.15) is 48.3 Å². The maximum absolute atomic E-state index is 14.0. The Labute approximate surface area is 401 Å². The van der Waals surface area contributed by atoms with E-state index in [4.69, 9.17) is 11.5 Å². The summed E-state index contributed by atoms with van der Waals surface area (Å²) in [7, 11) is 0. The van der Waals surface area contributed by atoms with Crippen molar-refractivity contribution >= 4 is 59.2 Å². The van der Waals surface area contributed by atoms with Crippen molar-refractivity contribution in [2.24, 2.45) is 23.3 Å². The number of amides is 8. The fourth-order valence-corrected chi connectivity index (χ4v) is 7.23. The van der Waals surface area contributed by atoms with Crippen LogP contribution in [0.3, 0.4) is 0 Å². The minimum Gasteiger partial charge on any atom is -0.481 e. The van der Waals surface area contributed by atoms with E-state index in [1.54, 1.807) is 58.0 Å². The Kier molecular flexibility index (Phi) is 25.3. The first kappa shape index (κ1) is 58.9. The van der Waals surface area contributed by atoms with Crippen LogP contribution in [0.15, 0.2) is 30.3 Å². The summed E-state index contributed by atoms with van der Waals surface area (Å²) in [5.41, 5.74) is 12.0. The number of carbonyl (C=O) groups excluding carboxylic acids is 8. The third-order valence-corrected chi connectivity index (χ3v) is 11.8. The van der Waals surface area contributed by atoms with Crippen molar-refractivity contribution in [2.45, 2.75) is 147 Å². The van der Waals surface area contributed by atoms with Crippen molar-refractivity contribution < 1.29 is 68.4 Å². The lowest BCUT2D eigenvalue weighted by Crippen LogP contribution is -2.61. The number of aliphatic hydroxyl groups is 2. The number of likely N-dealkylation sites (tertiary alicyclic amines) is 1. The molecule has 1 aliphatic rings. The number of aliphatic carboxylic acids is 2. The number of carboxylic acids is 2. The van der Waals surface area contributed by atoms with Gasteiger partial charge in [-0.25, -0.2) is 4.79 Å². The van der Waals surface area contributed by atoms with Crippen LogP contribution in [0.2, 0.25) is 0 Å². The fourth-order valence-electron chi connectivity index (χ4n) is 7.23. The average molecular weight is 977 g/mol. The maximum atomic E-state index is 14.0. The molecule has 1 saturated heterocycles. The van der Waals surface area contributed by atoms with Gasteiger partial charge in [-0.2, -0.15) is 0 Å². The number of nitrogens with one attached hydrogen (secondary N) is 7. The second kappa shape index (κ2) is 29.6. The lowest BCUT2D eigenvalue weighted by molar-refractivity contribution is -0.144. The molecule has 0 spiro atoms. The van der Waals surface area contributed by atoms with E-state index in [9.17, 15) is 68.4 Å². The van der Waals surface area contributed by atoms with E-state index in [2.05, 4.69) is 37.2 Å². The van der Waals surface area contributed by atoms with Gasteiger partial charge in [-0.1, -0.05) is 64.4 Å². The summed E-state index contributed by atoms with van der Waals surface area (Å²) < 4.78 is 0. The van der Waals surface area contributed by atoms with Gasteiger partial charge in [0.25, 0.3) is 0 Å². The van der Waals surface area contributed by atoms with E-state index in [0.29, 0.717) is 37.8 Å². The molecule has 2 rings (SSSR count). The molecule has 0 aromatic heterocycles. The first-order valence-corrected chi connectivity index (χ1v) is 23.2. The number of hydrogen-bond acceptors (Lipinski definition) is 14. The number of nitrogens with two attached hydrogens (primary N) is 2. The highest BCUT2D eigenvalue weighted by Gasteiger charge is 2.41. The average Bonchev–Trinajstić information content (AvgIpc) is 3.82. The summed E-state index contributed by atoms with van der Waals surface area (Å²) in [5, 5.41) is 56.3. The van der Waals surface area contributed by atoms with Crippen LogP contribution in [0.25, 0.3) is 0 Å². The van der Waals surface area contributed by atoms with Gasteiger partial charge in [0, 0.05) is 19.4 Å². The third kappa shape index (κ3) is 19.0. The summed E-state index contributed by atoms with van der Waals surface area (Å²) in [4.78, 5) is 132. The highest BCUT2D eigenvalue weighted by atomic mass is 16.4. The molecule has 1 heterocycles. The number of aliphatic hydroxyl groups excluding tert-OH is 2. The minimum absolute atomic E-state index is 0.0118. The van der Waals surface area contributed by atoms with Crippen molar-refractivity contribution in [1.82, 2.24) is 42.1 Å².